The molecule has 0 spiro atoms. The maximum Gasteiger partial charge on any atom is 0.323 e. The molecule has 1 N–H and O–H groups in total. The van der Waals surface area contributed by atoms with Crippen LogP contribution in [0.15, 0.2) is 29.2 Å². The number of rotatable bonds is 6. The number of hydrogen-bond acceptors (Lipinski definition) is 5. The molecule has 0 aliphatic carbocycles. The summed E-state index contributed by atoms with van der Waals surface area (Å²) in [6, 6.07) is 7.48. The van der Waals surface area contributed by atoms with Gasteiger partial charge in [0.05, 0.1) is 6.61 Å². The molecule has 0 aromatic heterocycles. The molecular weight excluding hydrogens is 294 g/mol. The number of nitrogens with zero attached hydrogens (tertiary/aromatic N) is 1. The van der Waals surface area contributed by atoms with E-state index in [1.165, 1.54) is 23.8 Å². The van der Waals surface area contributed by atoms with Crippen molar-refractivity contribution < 1.29 is 24.2 Å². The van der Waals surface area contributed by atoms with Crippen molar-refractivity contribution in [2.24, 2.45) is 0 Å². The number of thioether (sulfide) groups is 1. The molecule has 6 nitrogen and oxygen atoms in total. The van der Waals surface area contributed by atoms with Crippen LogP contribution in [0.5, 0.6) is 5.75 Å². The molecule has 0 bridgehead atoms. The zero-order chi connectivity index (χ0) is 15.2. The molecule has 1 amide bonds. The van der Waals surface area contributed by atoms with Gasteiger partial charge in [-0.15, -0.1) is 11.8 Å². The normalized spacial score (nSPS) is 16.7. The lowest BCUT2D eigenvalue weighted by molar-refractivity contribution is -0.147. The lowest BCUT2D eigenvalue weighted by Crippen LogP contribution is -2.47. The van der Waals surface area contributed by atoms with Gasteiger partial charge in [-0.3, -0.25) is 9.59 Å². The van der Waals surface area contributed by atoms with Gasteiger partial charge in [0.2, 0.25) is 0 Å². The van der Waals surface area contributed by atoms with E-state index in [4.69, 9.17) is 14.6 Å². The first-order valence-electron chi connectivity index (χ1n) is 6.50. The van der Waals surface area contributed by atoms with Crippen LogP contribution in [0.4, 0.5) is 0 Å². The fourth-order valence-corrected chi connectivity index (χ4v) is 2.95. The molecule has 1 heterocycles. The van der Waals surface area contributed by atoms with Crippen LogP contribution in [0.3, 0.4) is 0 Å². The number of amides is 1. The number of carboxylic acid groups (broad SMARTS) is 1. The first kappa shape index (κ1) is 15.7. The third kappa shape index (κ3) is 4.12. The zero-order valence-corrected chi connectivity index (χ0v) is 12.5. The predicted molar refractivity (Wildman–Crippen MR) is 77.7 cm³/mol. The molecule has 2 rings (SSSR count). The summed E-state index contributed by atoms with van der Waals surface area (Å²) in [6.07, 6.45) is -0.666. The van der Waals surface area contributed by atoms with Crippen molar-refractivity contribution in [1.29, 1.82) is 0 Å². The molecule has 0 saturated heterocycles. The second-order valence-electron chi connectivity index (χ2n) is 4.51. The number of hydrogen-bond donors (Lipinski definition) is 1. The minimum absolute atomic E-state index is 0.230. The van der Waals surface area contributed by atoms with Gasteiger partial charge < -0.3 is 19.5 Å². The largest absolute Gasteiger partial charge is 0.480 e. The predicted octanol–water partition coefficient (Wildman–Crippen LogP) is 1.10. The van der Waals surface area contributed by atoms with Crippen molar-refractivity contribution in [2.75, 3.05) is 32.6 Å². The van der Waals surface area contributed by atoms with Crippen molar-refractivity contribution >= 4 is 23.6 Å². The molecule has 114 valence electrons. The Hall–Kier alpha value is -1.73. The van der Waals surface area contributed by atoms with Crippen molar-refractivity contribution in [2.45, 2.75) is 11.0 Å². The quantitative estimate of drug-likeness (QED) is 0.848. The summed E-state index contributed by atoms with van der Waals surface area (Å²) in [4.78, 5) is 25.5. The van der Waals surface area contributed by atoms with Crippen LogP contribution in [0.25, 0.3) is 0 Å². The van der Waals surface area contributed by atoms with Crippen LogP contribution in [0, 0.1) is 0 Å². The first-order chi connectivity index (χ1) is 10.1. The molecule has 1 aromatic carbocycles. The van der Waals surface area contributed by atoms with Gasteiger partial charge in [0.15, 0.2) is 6.10 Å². The zero-order valence-electron chi connectivity index (χ0n) is 11.7. The van der Waals surface area contributed by atoms with Crippen LogP contribution in [0.1, 0.15) is 0 Å². The van der Waals surface area contributed by atoms with E-state index in [1.54, 1.807) is 6.07 Å². The van der Waals surface area contributed by atoms with E-state index in [9.17, 15) is 9.59 Å². The molecule has 7 heteroatoms. The van der Waals surface area contributed by atoms with Gasteiger partial charge in [0.25, 0.3) is 5.91 Å². The summed E-state index contributed by atoms with van der Waals surface area (Å²) in [5, 5.41) is 8.91. The Balaban J connectivity index is 2.05. The van der Waals surface area contributed by atoms with Gasteiger partial charge in [-0.25, -0.2) is 0 Å². The SMILES string of the molecule is COCCN(CC(=O)O)C(=O)C1CSc2ccccc2O1. The van der Waals surface area contributed by atoms with Gasteiger partial charge in [0, 0.05) is 24.3 Å². The maximum atomic E-state index is 12.4. The molecule has 0 saturated carbocycles. The Kier molecular flexibility index (Phi) is 5.46. The number of aliphatic carboxylic acids is 1. The van der Waals surface area contributed by atoms with Crippen molar-refractivity contribution in [3.63, 3.8) is 0 Å². The number of fused-ring (bicyclic) bond motifs is 1. The Morgan fingerprint density at radius 3 is 2.95 bits per heavy atom. The highest BCUT2D eigenvalue weighted by atomic mass is 32.2. The van der Waals surface area contributed by atoms with E-state index in [2.05, 4.69) is 0 Å². The second-order valence-corrected chi connectivity index (χ2v) is 5.57. The fourth-order valence-electron chi connectivity index (χ4n) is 1.98. The first-order valence-corrected chi connectivity index (χ1v) is 7.48. The monoisotopic (exact) mass is 311 g/mol. The van der Waals surface area contributed by atoms with Gasteiger partial charge in [-0.05, 0) is 12.1 Å². The summed E-state index contributed by atoms with van der Waals surface area (Å²) in [5.74, 6) is -0.243. The second kappa shape index (κ2) is 7.33. The number of carboxylic acids is 1. The standard InChI is InChI=1S/C14H17NO5S/c1-19-7-6-15(8-13(16)17)14(18)11-9-21-12-5-3-2-4-10(12)20-11/h2-5,11H,6-9H2,1H3,(H,16,17). The van der Waals surface area contributed by atoms with E-state index in [0.29, 0.717) is 11.5 Å². The maximum absolute atomic E-state index is 12.4. The van der Waals surface area contributed by atoms with Crippen LogP contribution < -0.4 is 4.74 Å². The Morgan fingerprint density at radius 1 is 1.48 bits per heavy atom. The Bertz CT molecular complexity index is 522. The molecule has 0 radical (unpaired) electrons. The molecule has 0 fully saturated rings. The summed E-state index contributed by atoms with van der Waals surface area (Å²) in [7, 11) is 1.51. The van der Waals surface area contributed by atoms with E-state index < -0.39 is 12.1 Å². The molecule has 1 aliphatic rings. The van der Waals surface area contributed by atoms with Gasteiger partial charge >= 0.3 is 5.97 Å². The average molecular weight is 311 g/mol. The van der Waals surface area contributed by atoms with Crippen molar-refractivity contribution in [3.8, 4) is 5.75 Å². The number of carbonyl (C=O) groups excluding carboxylic acids is 1. The number of carbonyl (C=O) groups is 2. The molecule has 1 atom stereocenters. The molecule has 1 aliphatic heterocycles. The Morgan fingerprint density at radius 2 is 2.24 bits per heavy atom. The average Bonchev–Trinajstić information content (AvgIpc) is 2.50. The van der Waals surface area contributed by atoms with Crippen molar-refractivity contribution in [1.82, 2.24) is 4.90 Å². The summed E-state index contributed by atoms with van der Waals surface area (Å²) in [5.41, 5.74) is 0. The molecular formula is C14H17NO5S. The van der Waals surface area contributed by atoms with Crippen LogP contribution in [-0.2, 0) is 14.3 Å². The number of methoxy groups -OCH3 is 1. The van der Waals surface area contributed by atoms with Gasteiger partial charge in [-0.1, -0.05) is 12.1 Å². The van der Waals surface area contributed by atoms with Gasteiger partial charge in [0.1, 0.15) is 12.3 Å². The van der Waals surface area contributed by atoms with Crippen LogP contribution >= 0.6 is 11.8 Å². The third-order valence-electron chi connectivity index (χ3n) is 2.99. The van der Waals surface area contributed by atoms with E-state index in [1.807, 2.05) is 18.2 Å². The third-order valence-corrected chi connectivity index (χ3v) is 4.10. The van der Waals surface area contributed by atoms with Crippen LogP contribution in [0.2, 0.25) is 0 Å². The molecule has 1 aromatic rings. The van der Waals surface area contributed by atoms with Crippen LogP contribution in [-0.4, -0.2) is 60.5 Å². The van der Waals surface area contributed by atoms with E-state index in [-0.39, 0.29) is 25.6 Å². The van der Waals surface area contributed by atoms with Crippen molar-refractivity contribution in [3.05, 3.63) is 24.3 Å². The van der Waals surface area contributed by atoms with E-state index in [0.717, 1.165) is 4.90 Å². The number of para-hydroxylation sites is 1. The topological polar surface area (TPSA) is 76.1 Å². The van der Waals surface area contributed by atoms with E-state index >= 15 is 0 Å². The number of benzene rings is 1. The molecule has 1 unspecified atom stereocenters. The smallest absolute Gasteiger partial charge is 0.323 e. The minimum Gasteiger partial charge on any atom is -0.480 e. The highest BCUT2D eigenvalue weighted by Crippen LogP contribution is 2.35. The van der Waals surface area contributed by atoms with Gasteiger partial charge in [-0.2, -0.15) is 0 Å². The highest BCUT2D eigenvalue weighted by Gasteiger charge is 2.31. The number of ether oxygens (including phenoxy) is 2. The molecule has 21 heavy (non-hydrogen) atoms. The summed E-state index contributed by atoms with van der Waals surface area (Å²) in [6.45, 7) is 0.164. The Labute approximate surface area is 127 Å². The summed E-state index contributed by atoms with van der Waals surface area (Å²) < 4.78 is 10.6. The lowest BCUT2D eigenvalue weighted by Gasteiger charge is -2.29. The minimum atomic E-state index is -1.05. The lowest BCUT2D eigenvalue weighted by atomic mass is 10.3. The summed E-state index contributed by atoms with van der Waals surface area (Å²) >= 11 is 1.53. The fraction of sp³-hybridized carbons (Fsp3) is 0.429. The highest BCUT2D eigenvalue weighted by molar-refractivity contribution is 7.99.